The topological polar surface area (TPSA) is 40.5 Å². The van der Waals surface area contributed by atoms with Gasteiger partial charge in [0.15, 0.2) is 0 Å². The second kappa shape index (κ2) is 4.10. The predicted octanol–water partition coefficient (Wildman–Crippen LogP) is 1.66. The van der Waals surface area contributed by atoms with Crippen molar-refractivity contribution in [3.8, 4) is 0 Å². The van der Waals surface area contributed by atoms with Crippen LogP contribution in [0.3, 0.4) is 0 Å². The number of hydrogen-bond acceptors (Lipinski definition) is 2. The molecule has 1 amide bonds. The number of hydrogen-bond donors (Lipinski definition) is 1. The van der Waals surface area contributed by atoms with E-state index in [0.717, 1.165) is 6.42 Å². The fraction of sp³-hybridized carbons (Fsp3) is 0.462. The minimum atomic E-state index is -0.368. The van der Waals surface area contributed by atoms with E-state index in [4.69, 9.17) is 0 Å². The van der Waals surface area contributed by atoms with Crippen LogP contribution in [0.5, 0.6) is 0 Å². The number of halogens is 1. The number of nitrogens with zero attached hydrogens (tertiary/aromatic N) is 1. The molecule has 1 aliphatic carbocycles. The van der Waals surface area contributed by atoms with Crippen molar-refractivity contribution in [1.29, 1.82) is 0 Å². The third kappa shape index (κ3) is 1.70. The molecule has 0 radical (unpaired) electrons. The molecule has 17 heavy (non-hydrogen) atoms. The highest BCUT2D eigenvalue weighted by Crippen LogP contribution is 2.42. The largest absolute Gasteiger partial charge is 0.391 e. The van der Waals surface area contributed by atoms with E-state index in [2.05, 4.69) is 15.9 Å². The number of carbonyl (C=O) groups is 1. The number of aliphatic hydroxyl groups excluding tert-OH is 1. The van der Waals surface area contributed by atoms with Gasteiger partial charge in [0.25, 0.3) is 5.91 Å². The van der Waals surface area contributed by atoms with Crippen LogP contribution >= 0.6 is 15.9 Å². The molecule has 0 spiro atoms. The Morgan fingerprint density at radius 2 is 2.06 bits per heavy atom. The number of alkyl halides is 1. The highest BCUT2D eigenvalue weighted by atomic mass is 79.9. The molecule has 1 aliphatic heterocycles. The summed E-state index contributed by atoms with van der Waals surface area (Å²) < 4.78 is 0. The number of amides is 1. The molecule has 2 aliphatic rings. The summed E-state index contributed by atoms with van der Waals surface area (Å²) in [5.74, 6) is 0.262. The van der Waals surface area contributed by atoms with Gasteiger partial charge in [-0.1, -0.05) is 34.1 Å². The van der Waals surface area contributed by atoms with E-state index < -0.39 is 0 Å². The highest BCUT2D eigenvalue weighted by Gasteiger charge is 2.52. The van der Waals surface area contributed by atoms with Crippen molar-refractivity contribution in [3.05, 3.63) is 35.9 Å². The van der Waals surface area contributed by atoms with Crippen LogP contribution in [0.1, 0.15) is 16.8 Å². The van der Waals surface area contributed by atoms with Crippen molar-refractivity contribution in [2.45, 2.75) is 23.4 Å². The second-order valence-electron chi connectivity index (χ2n) is 4.82. The lowest BCUT2D eigenvalue weighted by atomic mass is 10.1. The molecule has 2 fully saturated rings. The molecule has 3 rings (SSSR count). The standard InChI is InChI=1S/C13H14BrNO2/c14-10-6-9-7-15(11(10)12(9)16)13(17)8-4-2-1-3-5-8/h1-5,9-12,16H,6-7H2/t9-,10-,11+,12-/m0/s1. The molecule has 90 valence electrons. The van der Waals surface area contributed by atoms with Crippen LogP contribution in [0.25, 0.3) is 0 Å². The van der Waals surface area contributed by atoms with Gasteiger partial charge in [0.1, 0.15) is 0 Å². The molecule has 1 saturated carbocycles. The van der Waals surface area contributed by atoms with E-state index in [1.165, 1.54) is 0 Å². The third-order valence-corrected chi connectivity index (χ3v) is 4.72. The van der Waals surface area contributed by atoms with Crippen molar-refractivity contribution in [2.24, 2.45) is 5.92 Å². The van der Waals surface area contributed by atoms with Gasteiger partial charge in [-0.3, -0.25) is 4.79 Å². The first-order chi connectivity index (χ1) is 8.18. The number of fused-ring (bicyclic) bond motifs is 2. The zero-order valence-electron chi connectivity index (χ0n) is 9.29. The lowest BCUT2D eigenvalue weighted by Gasteiger charge is -2.30. The van der Waals surface area contributed by atoms with Crippen LogP contribution in [-0.2, 0) is 0 Å². The first kappa shape index (κ1) is 11.2. The third-order valence-electron chi connectivity index (χ3n) is 3.80. The molecule has 1 saturated heterocycles. The van der Waals surface area contributed by atoms with Crippen molar-refractivity contribution in [3.63, 3.8) is 0 Å². The van der Waals surface area contributed by atoms with Gasteiger partial charge < -0.3 is 10.0 Å². The van der Waals surface area contributed by atoms with Gasteiger partial charge >= 0.3 is 0 Å². The van der Waals surface area contributed by atoms with Gasteiger partial charge in [0, 0.05) is 22.9 Å². The van der Waals surface area contributed by atoms with E-state index in [1.54, 1.807) is 0 Å². The van der Waals surface area contributed by atoms with Crippen molar-refractivity contribution in [2.75, 3.05) is 6.54 Å². The van der Waals surface area contributed by atoms with Crippen LogP contribution in [0.2, 0.25) is 0 Å². The summed E-state index contributed by atoms with van der Waals surface area (Å²) in [5.41, 5.74) is 0.701. The molecule has 3 nitrogen and oxygen atoms in total. The van der Waals surface area contributed by atoms with E-state index >= 15 is 0 Å². The van der Waals surface area contributed by atoms with Crippen molar-refractivity contribution >= 4 is 21.8 Å². The Kier molecular flexibility index (Phi) is 2.71. The molecule has 1 N–H and O–H groups in total. The van der Waals surface area contributed by atoms with E-state index in [9.17, 15) is 9.90 Å². The molecule has 0 unspecified atom stereocenters. The summed E-state index contributed by atoms with van der Waals surface area (Å²) in [7, 11) is 0. The Balaban J connectivity index is 1.85. The fourth-order valence-electron chi connectivity index (χ4n) is 2.96. The van der Waals surface area contributed by atoms with Gasteiger partial charge in [-0.2, -0.15) is 0 Å². The van der Waals surface area contributed by atoms with Crippen LogP contribution in [0, 0.1) is 5.92 Å². The molecular formula is C13H14BrNO2. The zero-order chi connectivity index (χ0) is 12.0. The molecule has 1 aromatic rings. The van der Waals surface area contributed by atoms with Gasteiger partial charge in [0.2, 0.25) is 0 Å². The van der Waals surface area contributed by atoms with Gasteiger partial charge in [-0.05, 0) is 18.6 Å². The first-order valence-corrected chi connectivity index (χ1v) is 6.78. The fourth-order valence-corrected chi connectivity index (χ4v) is 4.04. The summed E-state index contributed by atoms with van der Waals surface area (Å²) in [6, 6.07) is 9.21. The molecule has 2 bridgehead atoms. The van der Waals surface area contributed by atoms with Crippen molar-refractivity contribution in [1.82, 2.24) is 4.90 Å². The van der Waals surface area contributed by atoms with Gasteiger partial charge in [-0.25, -0.2) is 0 Å². The minimum Gasteiger partial charge on any atom is -0.391 e. The maximum absolute atomic E-state index is 12.3. The Morgan fingerprint density at radius 3 is 2.65 bits per heavy atom. The number of carbonyl (C=O) groups excluding carboxylic acids is 1. The summed E-state index contributed by atoms with van der Waals surface area (Å²) in [6.45, 7) is 0.682. The maximum atomic E-state index is 12.3. The Bertz CT molecular complexity index is 436. The number of aliphatic hydroxyl groups is 1. The summed E-state index contributed by atoms with van der Waals surface area (Å²) in [6.07, 6.45) is 0.594. The first-order valence-electron chi connectivity index (χ1n) is 5.86. The maximum Gasteiger partial charge on any atom is 0.254 e. The molecule has 4 heteroatoms. The average Bonchev–Trinajstić information content (AvgIpc) is 2.81. The number of benzene rings is 1. The second-order valence-corrected chi connectivity index (χ2v) is 5.99. The lowest BCUT2D eigenvalue weighted by molar-refractivity contribution is 0.0659. The summed E-state index contributed by atoms with van der Waals surface area (Å²) >= 11 is 3.56. The Hall–Kier alpha value is -0.870. The van der Waals surface area contributed by atoms with Crippen LogP contribution < -0.4 is 0 Å². The molecule has 0 aromatic heterocycles. The predicted molar refractivity (Wildman–Crippen MR) is 68.1 cm³/mol. The Labute approximate surface area is 109 Å². The molecule has 1 heterocycles. The van der Waals surface area contributed by atoms with Crippen LogP contribution in [-0.4, -0.2) is 39.4 Å². The monoisotopic (exact) mass is 295 g/mol. The molecule has 1 aromatic carbocycles. The van der Waals surface area contributed by atoms with E-state index in [-0.39, 0.29) is 28.8 Å². The lowest BCUT2D eigenvalue weighted by Crippen LogP contribution is -2.44. The smallest absolute Gasteiger partial charge is 0.254 e. The highest BCUT2D eigenvalue weighted by molar-refractivity contribution is 9.09. The van der Waals surface area contributed by atoms with E-state index in [0.29, 0.717) is 12.1 Å². The Morgan fingerprint density at radius 1 is 1.35 bits per heavy atom. The zero-order valence-corrected chi connectivity index (χ0v) is 10.9. The number of piperidine rings is 1. The summed E-state index contributed by atoms with van der Waals surface area (Å²) in [5, 5.41) is 10.0. The SMILES string of the molecule is O=C(c1ccccc1)N1C[C@@H]2C[C@H](Br)[C@@H]1[C@H]2O. The van der Waals surface area contributed by atoms with E-state index in [1.807, 2.05) is 35.2 Å². The van der Waals surface area contributed by atoms with Crippen molar-refractivity contribution < 1.29 is 9.90 Å². The van der Waals surface area contributed by atoms with Gasteiger partial charge in [0.05, 0.1) is 12.1 Å². The minimum absolute atomic E-state index is 0.0290. The van der Waals surface area contributed by atoms with Crippen LogP contribution in [0.4, 0.5) is 0 Å². The number of rotatable bonds is 1. The summed E-state index contributed by atoms with van der Waals surface area (Å²) in [4.78, 5) is 14.4. The number of likely N-dealkylation sites (tertiary alicyclic amines) is 1. The molecule has 4 atom stereocenters. The van der Waals surface area contributed by atoms with Crippen LogP contribution in [0.15, 0.2) is 30.3 Å². The average molecular weight is 296 g/mol. The normalized spacial score (nSPS) is 35.3. The van der Waals surface area contributed by atoms with Gasteiger partial charge in [-0.15, -0.1) is 0 Å². The molecular weight excluding hydrogens is 282 g/mol. The quantitative estimate of drug-likeness (QED) is 0.801.